The van der Waals surface area contributed by atoms with E-state index in [0.29, 0.717) is 18.1 Å². The molecule has 7 nitrogen and oxygen atoms in total. The van der Waals surface area contributed by atoms with E-state index in [0.717, 1.165) is 51.4 Å². The molecule has 4 heterocycles. The molecule has 182 valence electrons. The van der Waals surface area contributed by atoms with Crippen molar-refractivity contribution in [2.75, 3.05) is 6.54 Å². The lowest BCUT2D eigenvalue weighted by Gasteiger charge is -2.39. The molecule has 3 aromatic rings. The van der Waals surface area contributed by atoms with Gasteiger partial charge in [-0.25, -0.2) is 9.37 Å². The van der Waals surface area contributed by atoms with Gasteiger partial charge in [0.15, 0.2) is 0 Å². The molecule has 0 N–H and O–H groups in total. The average Bonchev–Trinajstić information content (AvgIpc) is 3.66. The van der Waals surface area contributed by atoms with Gasteiger partial charge in [0.05, 0.1) is 28.3 Å². The Bertz CT molecular complexity index is 1460. The molecule has 2 aromatic heterocycles. The molecule has 2 atom stereocenters. The van der Waals surface area contributed by atoms with E-state index < -0.39 is 0 Å². The largest absolute Gasteiger partial charge is 0.472 e. The van der Waals surface area contributed by atoms with Crippen molar-refractivity contribution in [1.82, 2.24) is 20.1 Å². The number of thiazole rings is 1. The van der Waals surface area contributed by atoms with Crippen LogP contribution < -0.4 is 0 Å². The molecule has 0 saturated carbocycles. The molecule has 36 heavy (non-hydrogen) atoms. The van der Waals surface area contributed by atoms with E-state index in [1.54, 1.807) is 24.7 Å². The number of aryl methyl sites for hydroxylation is 1. The molecule has 0 spiro atoms. The highest BCUT2D eigenvalue weighted by Gasteiger charge is 2.40. The van der Waals surface area contributed by atoms with E-state index in [1.165, 1.54) is 29.9 Å². The van der Waals surface area contributed by atoms with Gasteiger partial charge in [0.2, 0.25) is 12.3 Å². The van der Waals surface area contributed by atoms with Gasteiger partial charge in [-0.05, 0) is 49.4 Å². The molecule has 9 heteroatoms. The molecular formula is C27H23FN4O3S. The molecular weight excluding hydrogens is 479 g/mol. The third-order valence-electron chi connectivity index (χ3n) is 6.77. The number of fused-ring (bicyclic) bond motifs is 1. The van der Waals surface area contributed by atoms with Crippen LogP contribution in [0.5, 0.6) is 0 Å². The fraction of sp³-hybridized carbons (Fsp3) is 0.259. The van der Waals surface area contributed by atoms with Gasteiger partial charge < -0.3 is 13.7 Å². The molecule has 6 rings (SSSR count). The number of halogens is 1. The van der Waals surface area contributed by atoms with Crippen molar-refractivity contribution in [2.24, 2.45) is 0 Å². The second-order valence-electron chi connectivity index (χ2n) is 8.96. The van der Waals surface area contributed by atoms with Crippen LogP contribution in [0.3, 0.4) is 0 Å². The van der Waals surface area contributed by atoms with E-state index >= 15 is 0 Å². The summed E-state index contributed by atoms with van der Waals surface area (Å²) in [5.41, 5.74) is 4.06. The van der Waals surface area contributed by atoms with Gasteiger partial charge in [-0.2, -0.15) is 0 Å². The Morgan fingerprint density at radius 1 is 1.14 bits per heavy atom. The van der Waals surface area contributed by atoms with Crippen molar-refractivity contribution in [2.45, 2.75) is 38.1 Å². The number of aromatic nitrogens is 3. The Morgan fingerprint density at radius 3 is 2.81 bits per heavy atom. The summed E-state index contributed by atoms with van der Waals surface area (Å²) in [4.78, 5) is 21.4. The van der Waals surface area contributed by atoms with Gasteiger partial charge in [0, 0.05) is 23.7 Å². The Balaban J connectivity index is 1.43. The van der Waals surface area contributed by atoms with Crippen LogP contribution in [0, 0.1) is 12.7 Å². The van der Waals surface area contributed by atoms with E-state index in [2.05, 4.69) is 15.2 Å². The number of piperidine rings is 1. The number of benzene rings is 1. The summed E-state index contributed by atoms with van der Waals surface area (Å²) in [5.74, 6) is -0.393. The minimum atomic E-state index is -0.361. The Hall–Kier alpha value is -3.85. The highest BCUT2D eigenvalue weighted by molar-refractivity contribution is 7.15. The second kappa shape index (κ2) is 9.31. The third kappa shape index (κ3) is 3.99. The minimum Gasteiger partial charge on any atom is -0.472 e. The molecule has 1 aliphatic carbocycles. The Kier molecular flexibility index (Phi) is 5.85. The molecule has 1 saturated heterocycles. The van der Waals surface area contributed by atoms with Gasteiger partial charge in [-0.15, -0.1) is 21.5 Å². The highest BCUT2D eigenvalue weighted by atomic mass is 32.1. The summed E-state index contributed by atoms with van der Waals surface area (Å²) < 4.78 is 25.0. The van der Waals surface area contributed by atoms with Crippen molar-refractivity contribution in [3.63, 3.8) is 0 Å². The number of likely N-dealkylation sites (tertiary alicyclic amines) is 1. The number of amides is 1. The molecule has 2 aliphatic heterocycles. The van der Waals surface area contributed by atoms with E-state index in [4.69, 9.17) is 8.83 Å². The van der Waals surface area contributed by atoms with Crippen LogP contribution in [-0.2, 0) is 0 Å². The van der Waals surface area contributed by atoms with Gasteiger partial charge >= 0.3 is 0 Å². The lowest BCUT2D eigenvalue weighted by Crippen LogP contribution is -2.47. The summed E-state index contributed by atoms with van der Waals surface area (Å²) in [5, 5.41) is 8.97. The fourth-order valence-corrected chi connectivity index (χ4v) is 6.08. The van der Waals surface area contributed by atoms with Crippen LogP contribution in [-0.4, -0.2) is 38.6 Å². The summed E-state index contributed by atoms with van der Waals surface area (Å²) in [6.07, 6.45) is 7.36. The SMILES string of the molecule is Cc1nc(C(=O)N2CCCCC2C(c2nnco2)c2cocc3cccc2-3)c(-c2ccc(F)cc2)s1. The molecule has 1 fully saturated rings. The van der Waals surface area contributed by atoms with Crippen molar-refractivity contribution in [1.29, 1.82) is 0 Å². The fourth-order valence-electron chi connectivity index (χ4n) is 5.17. The zero-order chi connectivity index (χ0) is 24.6. The van der Waals surface area contributed by atoms with Gasteiger partial charge in [-0.1, -0.05) is 30.3 Å². The van der Waals surface area contributed by atoms with E-state index in [-0.39, 0.29) is 23.7 Å². The number of rotatable bonds is 5. The standard InChI is InChI=1S/C27H23FN4O3S/c1-16-30-24(25(36-16)17-8-10-19(28)11-9-17)27(33)32-12-3-2-7-22(32)23(26-31-29-15-35-26)21-14-34-13-18-5-4-6-20(18)21/h4-6,8-11,13-15,22-23H,2-3,7,12H2,1H3. The van der Waals surface area contributed by atoms with Crippen LogP contribution >= 0.6 is 11.3 Å². The molecule has 1 amide bonds. The number of carbonyl (C=O) groups excluding carboxylic acids is 1. The molecule has 0 bridgehead atoms. The first kappa shape index (κ1) is 22.6. The molecule has 0 radical (unpaired) electrons. The van der Waals surface area contributed by atoms with E-state index in [1.807, 2.05) is 30.0 Å². The predicted molar refractivity (Wildman–Crippen MR) is 132 cm³/mol. The van der Waals surface area contributed by atoms with Gasteiger partial charge in [-0.3, -0.25) is 4.79 Å². The minimum absolute atomic E-state index is 0.153. The number of nitrogens with zero attached hydrogens (tertiary/aromatic N) is 4. The lowest BCUT2D eigenvalue weighted by molar-refractivity contribution is 0.0573. The third-order valence-corrected chi connectivity index (χ3v) is 7.79. The lowest BCUT2D eigenvalue weighted by atomic mass is 9.83. The Labute approximate surface area is 210 Å². The van der Waals surface area contributed by atoms with Crippen molar-refractivity contribution < 1.29 is 18.0 Å². The summed E-state index contributed by atoms with van der Waals surface area (Å²) in [6, 6.07) is 11.9. The zero-order valence-electron chi connectivity index (χ0n) is 19.6. The maximum Gasteiger partial charge on any atom is 0.274 e. The molecule has 3 aliphatic rings. The van der Waals surface area contributed by atoms with Crippen molar-refractivity contribution in [3.05, 3.63) is 89.4 Å². The van der Waals surface area contributed by atoms with Crippen LogP contribution in [0.4, 0.5) is 4.39 Å². The van der Waals surface area contributed by atoms with Crippen molar-refractivity contribution >= 4 is 17.2 Å². The van der Waals surface area contributed by atoms with Crippen LogP contribution in [0.1, 0.15) is 52.1 Å². The van der Waals surface area contributed by atoms with Gasteiger partial charge in [0.1, 0.15) is 11.5 Å². The van der Waals surface area contributed by atoms with Crippen LogP contribution in [0.25, 0.3) is 21.6 Å². The zero-order valence-corrected chi connectivity index (χ0v) is 20.4. The normalized spacial score (nSPS) is 16.9. The second-order valence-corrected chi connectivity index (χ2v) is 10.2. The monoisotopic (exact) mass is 502 g/mol. The van der Waals surface area contributed by atoms with Crippen LogP contribution in [0.15, 0.2) is 70.2 Å². The van der Waals surface area contributed by atoms with Crippen molar-refractivity contribution in [3.8, 4) is 21.6 Å². The molecule has 1 aromatic carbocycles. The first-order valence-electron chi connectivity index (χ1n) is 11.9. The van der Waals surface area contributed by atoms with Gasteiger partial charge in [0.25, 0.3) is 5.91 Å². The first-order valence-corrected chi connectivity index (χ1v) is 12.7. The van der Waals surface area contributed by atoms with Crippen LogP contribution in [0.2, 0.25) is 0 Å². The summed E-state index contributed by atoms with van der Waals surface area (Å²) in [6.45, 7) is 2.46. The maximum atomic E-state index is 14.1. The Morgan fingerprint density at radius 2 is 2.00 bits per heavy atom. The number of hydrogen-bond acceptors (Lipinski definition) is 7. The first-order chi connectivity index (χ1) is 17.6. The predicted octanol–water partition coefficient (Wildman–Crippen LogP) is 6.17. The number of carbonyl (C=O) groups is 1. The highest BCUT2D eigenvalue weighted by Crippen LogP contribution is 2.42. The number of hydrogen-bond donors (Lipinski definition) is 0. The molecule has 2 unspecified atom stereocenters. The average molecular weight is 503 g/mol. The topological polar surface area (TPSA) is 85.3 Å². The summed E-state index contributed by atoms with van der Waals surface area (Å²) >= 11 is 1.44. The van der Waals surface area contributed by atoms with E-state index in [9.17, 15) is 9.18 Å². The quantitative estimate of drug-likeness (QED) is 0.286. The maximum absolute atomic E-state index is 14.1. The smallest absolute Gasteiger partial charge is 0.274 e. The summed E-state index contributed by atoms with van der Waals surface area (Å²) in [7, 11) is 0.